The van der Waals surface area contributed by atoms with Crippen molar-refractivity contribution in [2.45, 2.75) is 60.7 Å². The summed E-state index contributed by atoms with van der Waals surface area (Å²) in [6.07, 6.45) is 9.97. The van der Waals surface area contributed by atoms with E-state index in [0.29, 0.717) is 5.41 Å². The molecule has 3 saturated carbocycles. The van der Waals surface area contributed by atoms with Gasteiger partial charge in [0, 0.05) is 10.8 Å². The van der Waals surface area contributed by atoms with Gasteiger partial charge in [-0.2, -0.15) is 0 Å². The fourth-order valence-corrected chi connectivity index (χ4v) is 7.47. The largest absolute Gasteiger partial charge is 0.392 e. The highest BCUT2D eigenvalue weighted by Crippen LogP contribution is 2.89. The number of hydrogen-bond donors (Lipinski definition) is 1. The predicted molar refractivity (Wildman–Crippen MR) is 68.4 cm³/mol. The maximum atomic E-state index is 10.3. The number of alkyl halides is 2. The zero-order valence-corrected chi connectivity index (χ0v) is 12.1. The highest BCUT2D eigenvalue weighted by molar-refractivity contribution is 9.25. The number of halogens is 2. The maximum Gasteiger partial charge on any atom is 0.0955 e. The highest BCUT2D eigenvalue weighted by Gasteiger charge is 2.88. The van der Waals surface area contributed by atoms with Crippen molar-refractivity contribution in [2.24, 2.45) is 10.8 Å². The van der Waals surface area contributed by atoms with Crippen LogP contribution in [0.3, 0.4) is 0 Å². The van der Waals surface area contributed by atoms with Gasteiger partial charge in [-0.1, -0.05) is 57.5 Å². The van der Waals surface area contributed by atoms with Crippen LogP contribution in [0.5, 0.6) is 0 Å². The lowest BCUT2D eigenvalue weighted by molar-refractivity contribution is 0.0873. The molecule has 1 nitrogen and oxygen atoms in total. The molecule has 0 amide bonds. The molecule has 0 bridgehead atoms. The van der Waals surface area contributed by atoms with Crippen molar-refractivity contribution < 1.29 is 5.11 Å². The molecule has 0 saturated heterocycles. The summed E-state index contributed by atoms with van der Waals surface area (Å²) in [5.41, 5.74) is 0.514. The Morgan fingerprint density at radius 3 is 2.33 bits per heavy atom. The monoisotopic (exact) mass is 336 g/mol. The summed E-state index contributed by atoms with van der Waals surface area (Å²) in [6, 6.07) is 0. The van der Waals surface area contributed by atoms with Gasteiger partial charge in [-0.3, -0.25) is 0 Å². The molecule has 3 unspecified atom stereocenters. The summed E-state index contributed by atoms with van der Waals surface area (Å²) in [5.74, 6) is 0. The summed E-state index contributed by atoms with van der Waals surface area (Å²) in [5, 5.41) is 10.3. The molecule has 0 aromatic carbocycles. The van der Waals surface area contributed by atoms with Crippen LogP contribution in [0.2, 0.25) is 0 Å². The molecule has 1 N–H and O–H groups in total. The molecular formula is C12H18Br2O. The molecule has 3 atom stereocenters. The average Bonchev–Trinajstić information content (AvgIpc) is 2.42. The van der Waals surface area contributed by atoms with E-state index >= 15 is 0 Å². The van der Waals surface area contributed by atoms with Crippen molar-refractivity contribution >= 4 is 31.9 Å². The van der Waals surface area contributed by atoms with E-state index in [9.17, 15) is 5.11 Å². The predicted octanol–water partition coefficient (Wildman–Crippen LogP) is 3.97. The van der Waals surface area contributed by atoms with Crippen molar-refractivity contribution in [1.82, 2.24) is 0 Å². The second-order valence-corrected chi connectivity index (χ2v) is 9.04. The molecule has 0 aromatic heterocycles. The Bertz CT molecular complexity index is 291. The lowest BCUT2D eigenvalue weighted by Crippen LogP contribution is -2.25. The Morgan fingerprint density at radius 1 is 0.933 bits per heavy atom. The third-order valence-electron chi connectivity index (χ3n) is 5.29. The summed E-state index contributed by atoms with van der Waals surface area (Å²) >= 11 is 7.74. The maximum absolute atomic E-state index is 10.3. The molecular weight excluding hydrogens is 320 g/mol. The highest BCUT2D eigenvalue weighted by atomic mass is 79.9. The minimum atomic E-state index is -0.0886. The first-order valence-electron chi connectivity index (χ1n) is 6.14. The van der Waals surface area contributed by atoms with Gasteiger partial charge in [-0.05, 0) is 25.7 Å². The van der Waals surface area contributed by atoms with E-state index in [4.69, 9.17) is 0 Å². The molecule has 0 heterocycles. The third kappa shape index (κ3) is 1.04. The van der Waals surface area contributed by atoms with E-state index < -0.39 is 0 Å². The zero-order chi connectivity index (χ0) is 10.7. The van der Waals surface area contributed by atoms with Crippen molar-refractivity contribution in [2.75, 3.05) is 0 Å². The zero-order valence-electron chi connectivity index (χ0n) is 8.94. The van der Waals surface area contributed by atoms with Gasteiger partial charge in [-0.15, -0.1) is 0 Å². The fraction of sp³-hybridized carbons (Fsp3) is 1.00. The fourth-order valence-electron chi connectivity index (χ4n) is 4.49. The normalized spacial score (nSPS) is 52.6. The summed E-state index contributed by atoms with van der Waals surface area (Å²) in [6.45, 7) is 0. The molecule has 0 aromatic rings. The average molecular weight is 338 g/mol. The van der Waals surface area contributed by atoms with Crippen LogP contribution >= 0.6 is 31.9 Å². The van der Waals surface area contributed by atoms with Gasteiger partial charge in [0.1, 0.15) is 0 Å². The minimum absolute atomic E-state index is 0.0437. The molecule has 3 heteroatoms. The summed E-state index contributed by atoms with van der Waals surface area (Å²) in [7, 11) is 0. The Balaban J connectivity index is 1.99. The van der Waals surface area contributed by atoms with Gasteiger partial charge >= 0.3 is 0 Å². The van der Waals surface area contributed by atoms with Gasteiger partial charge < -0.3 is 5.11 Å². The van der Waals surface area contributed by atoms with Crippen LogP contribution < -0.4 is 0 Å². The first-order valence-corrected chi connectivity index (χ1v) is 7.73. The SMILES string of the molecule is OC1CCC23CCCCCCC12C3(Br)Br. The van der Waals surface area contributed by atoms with Crippen molar-refractivity contribution in [3.8, 4) is 0 Å². The van der Waals surface area contributed by atoms with E-state index in [0.717, 1.165) is 6.42 Å². The lowest BCUT2D eigenvalue weighted by atomic mass is 9.83. The van der Waals surface area contributed by atoms with Crippen molar-refractivity contribution in [1.29, 1.82) is 0 Å². The summed E-state index contributed by atoms with van der Waals surface area (Å²) in [4.78, 5) is 0. The Kier molecular flexibility index (Phi) is 2.38. The Hall–Kier alpha value is 0.920. The second kappa shape index (κ2) is 3.23. The number of rotatable bonds is 0. The van der Waals surface area contributed by atoms with E-state index in [2.05, 4.69) is 31.9 Å². The van der Waals surface area contributed by atoms with Gasteiger partial charge in [0.25, 0.3) is 0 Å². The molecule has 0 aliphatic heterocycles. The molecule has 3 aliphatic rings. The van der Waals surface area contributed by atoms with Crippen molar-refractivity contribution in [3.05, 3.63) is 0 Å². The smallest absolute Gasteiger partial charge is 0.0955 e. The number of aliphatic hydroxyl groups excluding tert-OH is 1. The van der Waals surface area contributed by atoms with Gasteiger partial charge in [0.05, 0.1) is 9.34 Å². The van der Waals surface area contributed by atoms with Gasteiger partial charge in [-0.25, -0.2) is 0 Å². The van der Waals surface area contributed by atoms with Crippen LogP contribution in [0.1, 0.15) is 51.4 Å². The Morgan fingerprint density at radius 2 is 1.60 bits per heavy atom. The second-order valence-electron chi connectivity index (χ2n) is 5.60. The topological polar surface area (TPSA) is 20.2 Å². The van der Waals surface area contributed by atoms with Crippen LogP contribution in [0, 0.1) is 10.8 Å². The minimum Gasteiger partial charge on any atom is -0.392 e. The molecule has 86 valence electrons. The van der Waals surface area contributed by atoms with E-state index in [-0.39, 0.29) is 14.8 Å². The molecule has 3 aliphatic carbocycles. The van der Waals surface area contributed by atoms with E-state index in [1.807, 2.05) is 0 Å². The number of aliphatic hydroxyl groups is 1. The standard InChI is InChI=1S/C12H18Br2O/c13-12(14)10-6-3-1-2-4-7-11(10,12)9(15)5-8-10/h9,15H,1-8H2. The van der Waals surface area contributed by atoms with Crippen LogP contribution in [-0.4, -0.2) is 14.4 Å². The molecule has 0 radical (unpaired) electrons. The van der Waals surface area contributed by atoms with Crippen LogP contribution in [0.15, 0.2) is 0 Å². The van der Waals surface area contributed by atoms with Crippen molar-refractivity contribution in [3.63, 3.8) is 0 Å². The summed E-state index contributed by atoms with van der Waals surface area (Å²) < 4.78 is 0.0437. The lowest BCUT2D eigenvalue weighted by Gasteiger charge is -2.23. The van der Waals surface area contributed by atoms with Crippen LogP contribution in [0.4, 0.5) is 0 Å². The molecule has 3 fully saturated rings. The quantitative estimate of drug-likeness (QED) is 0.663. The number of hydrogen-bond acceptors (Lipinski definition) is 1. The Labute approximate surface area is 108 Å². The molecule has 0 spiro atoms. The van der Waals surface area contributed by atoms with Gasteiger partial charge in [0.2, 0.25) is 0 Å². The van der Waals surface area contributed by atoms with Crippen LogP contribution in [-0.2, 0) is 0 Å². The third-order valence-corrected chi connectivity index (χ3v) is 8.22. The van der Waals surface area contributed by atoms with Crippen LogP contribution in [0.25, 0.3) is 0 Å². The molecule has 3 rings (SSSR count). The first-order chi connectivity index (χ1) is 7.08. The van der Waals surface area contributed by atoms with E-state index in [1.165, 1.54) is 44.9 Å². The molecule has 15 heavy (non-hydrogen) atoms. The first kappa shape index (κ1) is 11.0. The van der Waals surface area contributed by atoms with Gasteiger partial charge in [0.15, 0.2) is 0 Å². The van der Waals surface area contributed by atoms with E-state index in [1.54, 1.807) is 0 Å².